The van der Waals surface area contributed by atoms with Gasteiger partial charge in [-0.15, -0.1) is 0 Å². The second-order valence-electron chi connectivity index (χ2n) is 6.31. The van der Waals surface area contributed by atoms with Crippen LogP contribution in [-0.2, 0) is 12.5 Å². The molecule has 0 fully saturated rings. The molecule has 0 N–H and O–H groups in total. The number of aryl methyl sites for hydroxylation is 1. The Kier molecular flexibility index (Phi) is 5.68. The number of ether oxygens (including phenoxy) is 1. The summed E-state index contributed by atoms with van der Waals surface area (Å²) in [5, 5.41) is 0.938. The summed E-state index contributed by atoms with van der Waals surface area (Å²) >= 11 is 0. The molecule has 0 unspecified atom stereocenters. The van der Waals surface area contributed by atoms with E-state index in [1.165, 1.54) is 36.4 Å². The lowest BCUT2D eigenvalue weighted by molar-refractivity contribution is -0.189. The van der Waals surface area contributed by atoms with Crippen molar-refractivity contribution in [2.75, 3.05) is 0 Å². The Labute approximate surface area is 159 Å². The second kappa shape index (κ2) is 8.00. The molecule has 0 aromatic heterocycles. The van der Waals surface area contributed by atoms with Crippen molar-refractivity contribution < 1.29 is 26.7 Å². The number of fused-ring (bicyclic) bond motifs is 1. The van der Waals surface area contributed by atoms with Gasteiger partial charge in [0.1, 0.15) is 28.8 Å². The minimum absolute atomic E-state index is 0.278. The number of rotatable bonds is 6. The summed E-state index contributed by atoms with van der Waals surface area (Å²) in [5.41, 5.74) is -1.16. The van der Waals surface area contributed by atoms with Crippen molar-refractivity contribution in [2.45, 2.75) is 25.9 Å². The Balaban J connectivity index is 1.88. The molecular weight excluding hydrogens is 375 g/mol. The SMILES string of the molecule is C/C=C/CCc1cc(F)c(C(F)(F)Oc2ccc3cc(F)ccc3c2)c(F)c1. The van der Waals surface area contributed by atoms with Gasteiger partial charge < -0.3 is 4.74 Å². The highest BCUT2D eigenvalue weighted by atomic mass is 19.3. The molecule has 6 heteroatoms. The van der Waals surface area contributed by atoms with E-state index in [0.717, 1.165) is 12.1 Å². The molecule has 0 amide bonds. The van der Waals surface area contributed by atoms with Gasteiger partial charge >= 0.3 is 6.11 Å². The zero-order valence-electron chi connectivity index (χ0n) is 15.0. The van der Waals surface area contributed by atoms with Crippen LogP contribution in [0.2, 0.25) is 0 Å². The van der Waals surface area contributed by atoms with E-state index in [1.54, 1.807) is 6.08 Å². The van der Waals surface area contributed by atoms with Gasteiger partial charge in [0.25, 0.3) is 0 Å². The number of benzene rings is 3. The first-order valence-corrected chi connectivity index (χ1v) is 8.66. The van der Waals surface area contributed by atoms with E-state index in [4.69, 9.17) is 0 Å². The average molecular weight is 392 g/mol. The van der Waals surface area contributed by atoms with Gasteiger partial charge in [0.05, 0.1) is 0 Å². The van der Waals surface area contributed by atoms with E-state index in [-0.39, 0.29) is 11.3 Å². The maximum atomic E-state index is 14.5. The van der Waals surface area contributed by atoms with Crippen LogP contribution in [0.4, 0.5) is 22.0 Å². The van der Waals surface area contributed by atoms with Crippen molar-refractivity contribution in [3.8, 4) is 5.75 Å². The lowest BCUT2D eigenvalue weighted by atomic mass is 10.0. The Morgan fingerprint density at radius 1 is 0.893 bits per heavy atom. The molecule has 0 aliphatic heterocycles. The second-order valence-corrected chi connectivity index (χ2v) is 6.31. The first-order valence-electron chi connectivity index (χ1n) is 8.66. The molecule has 0 atom stereocenters. The summed E-state index contributed by atoms with van der Waals surface area (Å²) < 4.78 is 75.3. The number of hydrogen-bond donors (Lipinski definition) is 0. The number of halogens is 5. The molecule has 0 aliphatic rings. The molecule has 0 spiro atoms. The predicted octanol–water partition coefficient (Wildman–Crippen LogP) is 6.89. The molecule has 0 aliphatic carbocycles. The van der Waals surface area contributed by atoms with Crippen LogP contribution in [0.1, 0.15) is 24.5 Å². The standard InChI is InChI=1S/C22H17F5O/c1-2-3-4-5-14-10-19(24)21(20(25)11-14)22(26,27)28-18-9-7-15-12-17(23)8-6-16(15)13-18/h2-3,6-13H,4-5H2,1H3/b3-2+. The molecule has 0 bridgehead atoms. The smallest absolute Gasteiger partial charge is 0.429 e. The number of allylic oxidation sites excluding steroid dienone is 2. The van der Waals surface area contributed by atoms with Crippen LogP contribution in [0.5, 0.6) is 5.75 Å². The van der Waals surface area contributed by atoms with Crippen LogP contribution in [0.25, 0.3) is 10.8 Å². The summed E-state index contributed by atoms with van der Waals surface area (Å²) in [6, 6.07) is 9.43. The minimum atomic E-state index is -4.22. The van der Waals surface area contributed by atoms with E-state index in [0.29, 0.717) is 23.6 Å². The van der Waals surface area contributed by atoms with Crippen LogP contribution in [0.3, 0.4) is 0 Å². The third-order valence-electron chi connectivity index (χ3n) is 4.25. The van der Waals surface area contributed by atoms with Crippen molar-refractivity contribution in [3.05, 3.63) is 89.3 Å². The summed E-state index contributed by atoms with van der Waals surface area (Å²) in [6.45, 7) is 1.81. The topological polar surface area (TPSA) is 9.23 Å². The fraction of sp³-hybridized carbons (Fsp3) is 0.182. The van der Waals surface area contributed by atoms with Gasteiger partial charge in [-0.2, -0.15) is 8.78 Å². The lowest BCUT2D eigenvalue weighted by Crippen LogP contribution is -2.25. The average Bonchev–Trinajstić information content (AvgIpc) is 2.61. The van der Waals surface area contributed by atoms with E-state index in [1.807, 2.05) is 13.0 Å². The largest absolute Gasteiger partial charge is 0.432 e. The van der Waals surface area contributed by atoms with Crippen molar-refractivity contribution >= 4 is 10.8 Å². The number of hydrogen-bond acceptors (Lipinski definition) is 1. The molecule has 0 saturated carbocycles. The number of alkyl halides is 2. The highest BCUT2D eigenvalue weighted by Gasteiger charge is 2.41. The summed E-state index contributed by atoms with van der Waals surface area (Å²) in [4.78, 5) is 0. The molecular formula is C22H17F5O. The first-order chi connectivity index (χ1) is 13.3. The molecule has 146 valence electrons. The Morgan fingerprint density at radius 2 is 1.54 bits per heavy atom. The molecule has 1 nitrogen and oxygen atoms in total. The Hall–Kier alpha value is -2.89. The molecule has 3 rings (SSSR count). The van der Waals surface area contributed by atoms with E-state index >= 15 is 0 Å². The van der Waals surface area contributed by atoms with Crippen LogP contribution >= 0.6 is 0 Å². The molecule has 0 radical (unpaired) electrons. The fourth-order valence-electron chi connectivity index (χ4n) is 2.92. The van der Waals surface area contributed by atoms with Gasteiger partial charge in [-0.3, -0.25) is 0 Å². The lowest BCUT2D eigenvalue weighted by Gasteiger charge is -2.20. The van der Waals surface area contributed by atoms with Gasteiger partial charge in [-0.25, -0.2) is 13.2 Å². The summed E-state index contributed by atoms with van der Waals surface area (Å²) in [5.74, 6) is -3.50. The van der Waals surface area contributed by atoms with E-state index < -0.39 is 29.1 Å². The van der Waals surface area contributed by atoms with Crippen LogP contribution in [-0.4, -0.2) is 0 Å². The molecule has 3 aromatic carbocycles. The third kappa shape index (κ3) is 4.32. The Morgan fingerprint density at radius 3 is 2.21 bits per heavy atom. The van der Waals surface area contributed by atoms with E-state index in [2.05, 4.69) is 4.74 Å². The highest BCUT2D eigenvalue weighted by Crippen LogP contribution is 2.36. The van der Waals surface area contributed by atoms with Gasteiger partial charge in [0, 0.05) is 0 Å². The van der Waals surface area contributed by atoms with Crippen LogP contribution < -0.4 is 4.74 Å². The van der Waals surface area contributed by atoms with Crippen molar-refractivity contribution in [1.82, 2.24) is 0 Å². The first kappa shape index (κ1) is 19.9. The molecule has 3 aromatic rings. The van der Waals surface area contributed by atoms with E-state index in [9.17, 15) is 22.0 Å². The van der Waals surface area contributed by atoms with Gasteiger partial charge in [0.2, 0.25) is 0 Å². The molecule has 28 heavy (non-hydrogen) atoms. The monoisotopic (exact) mass is 392 g/mol. The maximum absolute atomic E-state index is 14.5. The zero-order valence-corrected chi connectivity index (χ0v) is 15.0. The summed E-state index contributed by atoms with van der Waals surface area (Å²) in [7, 11) is 0. The van der Waals surface area contributed by atoms with Gasteiger partial charge in [-0.1, -0.05) is 24.3 Å². The zero-order chi connectivity index (χ0) is 20.3. The predicted molar refractivity (Wildman–Crippen MR) is 97.9 cm³/mol. The van der Waals surface area contributed by atoms with Crippen molar-refractivity contribution in [3.63, 3.8) is 0 Å². The van der Waals surface area contributed by atoms with Crippen molar-refractivity contribution in [2.24, 2.45) is 0 Å². The maximum Gasteiger partial charge on any atom is 0.432 e. The van der Waals surface area contributed by atoms with Crippen molar-refractivity contribution in [1.29, 1.82) is 0 Å². The third-order valence-corrected chi connectivity index (χ3v) is 4.25. The van der Waals surface area contributed by atoms with Crippen LogP contribution in [0, 0.1) is 17.5 Å². The fourth-order valence-corrected chi connectivity index (χ4v) is 2.92. The Bertz CT molecular complexity index is 1000. The quantitative estimate of drug-likeness (QED) is 0.328. The normalized spacial score (nSPS) is 12.1. The molecule has 0 saturated heterocycles. The van der Waals surface area contributed by atoms with Crippen LogP contribution in [0.15, 0.2) is 60.7 Å². The van der Waals surface area contributed by atoms with Gasteiger partial charge in [0.15, 0.2) is 0 Å². The van der Waals surface area contributed by atoms with Gasteiger partial charge in [-0.05, 0) is 72.5 Å². The molecule has 0 heterocycles. The highest BCUT2D eigenvalue weighted by molar-refractivity contribution is 5.83. The minimum Gasteiger partial charge on any atom is -0.429 e. The summed E-state index contributed by atoms with van der Waals surface area (Å²) in [6.07, 6.45) is 0.253.